The average molecular weight is 251 g/mol. The minimum atomic E-state index is -0.747. The third kappa shape index (κ3) is 3.27. The van der Waals surface area contributed by atoms with Crippen LogP contribution >= 0.6 is 0 Å². The molecule has 1 aromatic heterocycles. The highest BCUT2D eigenvalue weighted by Gasteiger charge is 2.32. The first-order valence-corrected chi connectivity index (χ1v) is 5.84. The van der Waals surface area contributed by atoms with E-state index < -0.39 is 11.6 Å². The Kier molecular flexibility index (Phi) is 4.43. The molecule has 0 aromatic carbocycles. The summed E-state index contributed by atoms with van der Waals surface area (Å²) in [7, 11) is 1.53. The van der Waals surface area contributed by atoms with Crippen molar-refractivity contribution in [3.63, 3.8) is 0 Å². The largest absolute Gasteiger partial charge is 0.377 e. The molecule has 0 saturated carbocycles. The van der Waals surface area contributed by atoms with Gasteiger partial charge in [-0.2, -0.15) is 0 Å². The molecule has 0 fully saturated rings. The molecular formula is C13H21N3O2. The first-order valence-electron chi connectivity index (χ1n) is 5.84. The molecule has 100 valence electrons. The molecule has 0 spiro atoms. The van der Waals surface area contributed by atoms with E-state index in [4.69, 9.17) is 10.5 Å². The number of carbonyl (C=O) groups is 1. The number of carbonyl (C=O) groups excluding carboxylic acids is 1. The van der Waals surface area contributed by atoms with Crippen LogP contribution in [0.5, 0.6) is 0 Å². The molecule has 3 N–H and O–H groups in total. The second kappa shape index (κ2) is 5.46. The number of rotatable bonds is 4. The molecule has 1 atom stereocenters. The van der Waals surface area contributed by atoms with E-state index >= 15 is 0 Å². The lowest BCUT2D eigenvalue weighted by molar-refractivity contribution is -0.123. The minimum Gasteiger partial charge on any atom is -0.377 e. The second-order valence-electron chi connectivity index (χ2n) is 4.86. The highest BCUT2D eigenvalue weighted by molar-refractivity contribution is 5.95. The third-order valence-corrected chi connectivity index (χ3v) is 3.04. The van der Waals surface area contributed by atoms with Crippen LogP contribution < -0.4 is 11.1 Å². The van der Waals surface area contributed by atoms with E-state index in [9.17, 15) is 4.79 Å². The first kappa shape index (κ1) is 14.6. The fourth-order valence-electron chi connectivity index (χ4n) is 1.47. The summed E-state index contributed by atoms with van der Waals surface area (Å²) in [4.78, 5) is 16.3. The van der Waals surface area contributed by atoms with E-state index in [-0.39, 0.29) is 5.91 Å². The fraction of sp³-hybridized carbons (Fsp3) is 0.538. The molecule has 1 aromatic rings. The molecule has 5 nitrogen and oxygen atoms in total. The predicted octanol–water partition coefficient (Wildman–Crippen LogP) is 1.39. The standard InChI is InChI=1S/C13H21N3O2/c1-8-6-7-10(9(2)15-8)16-12(17)11(14)13(3,4)18-5/h6-7,11H,14H2,1-5H3,(H,16,17). The van der Waals surface area contributed by atoms with Gasteiger partial charge in [0.05, 0.1) is 17.0 Å². The van der Waals surface area contributed by atoms with Crippen LogP contribution in [0.3, 0.4) is 0 Å². The highest BCUT2D eigenvalue weighted by atomic mass is 16.5. The van der Waals surface area contributed by atoms with Gasteiger partial charge in [-0.1, -0.05) is 0 Å². The van der Waals surface area contributed by atoms with Crippen molar-refractivity contribution in [1.82, 2.24) is 4.98 Å². The summed E-state index contributed by atoms with van der Waals surface area (Å²) in [6.45, 7) is 7.29. The quantitative estimate of drug-likeness (QED) is 0.847. The summed E-state index contributed by atoms with van der Waals surface area (Å²) in [5.74, 6) is -0.282. The van der Waals surface area contributed by atoms with Crippen LogP contribution in [0.4, 0.5) is 5.69 Å². The van der Waals surface area contributed by atoms with E-state index in [1.54, 1.807) is 13.8 Å². The van der Waals surface area contributed by atoms with Crippen LogP contribution in [-0.2, 0) is 9.53 Å². The summed E-state index contributed by atoms with van der Waals surface area (Å²) in [5, 5.41) is 2.77. The molecule has 18 heavy (non-hydrogen) atoms. The van der Waals surface area contributed by atoms with Crippen LogP contribution in [0, 0.1) is 13.8 Å². The van der Waals surface area contributed by atoms with Crippen LogP contribution in [-0.4, -0.2) is 29.6 Å². The molecule has 1 rings (SSSR count). The summed E-state index contributed by atoms with van der Waals surface area (Å²) >= 11 is 0. The molecule has 0 aliphatic carbocycles. The lowest BCUT2D eigenvalue weighted by Crippen LogP contribution is -2.52. The maximum absolute atomic E-state index is 12.0. The summed E-state index contributed by atoms with van der Waals surface area (Å²) < 4.78 is 5.21. The predicted molar refractivity (Wildman–Crippen MR) is 71.4 cm³/mol. The Balaban J connectivity index is 2.82. The number of ether oxygens (including phenoxy) is 1. The van der Waals surface area contributed by atoms with Gasteiger partial charge in [0.2, 0.25) is 5.91 Å². The topological polar surface area (TPSA) is 77.2 Å². The second-order valence-corrected chi connectivity index (χ2v) is 4.86. The molecule has 1 unspecified atom stereocenters. The van der Waals surface area contributed by atoms with E-state index in [1.165, 1.54) is 7.11 Å². The van der Waals surface area contributed by atoms with Crippen molar-refractivity contribution in [3.05, 3.63) is 23.5 Å². The van der Waals surface area contributed by atoms with Crippen LogP contribution in [0.2, 0.25) is 0 Å². The Morgan fingerprint density at radius 3 is 2.56 bits per heavy atom. The lowest BCUT2D eigenvalue weighted by Gasteiger charge is -2.29. The van der Waals surface area contributed by atoms with Gasteiger partial charge in [-0.3, -0.25) is 9.78 Å². The van der Waals surface area contributed by atoms with Crippen molar-refractivity contribution < 1.29 is 9.53 Å². The monoisotopic (exact) mass is 251 g/mol. The number of pyridine rings is 1. The average Bonchev–Trinajstić information content (AvgIpc) is 2.31. The number of aryl methyl sites for hydroxylation is 2. The van der Waals surface area contributed by atoms with Gasteiger partial charge in [-0.25, -0.2) is 0 Å². The maximum Gasteiger partial charge on any atom is 0.244 e. The normalized spacial score (nSPS) is 13.2. The van der Waals surface area contributed by atoms with E-state index in [0.717, 1.165) is 11.4 Å². The fourth-order valence-corrected chi connectivity index (χ4v) is 1.47. The van der Waals surface area contributed by atoms with Crippen molar-refractivity contribution in [2.24, 2.45) is 5.73 Å². The number of nitrogens with two attached hydrogens (primary N) is 1. The number of aromatic nitrogens is 1. The van der Waals surface area contributed by atoms with Crippen LogP contribution in [0.1, 0.15) is 25.2 Å². The van der Waals surface area contributed by atoms with Gasteiger partial charge in [-0.05, 0) is 39.8 Å². The van der Waals surface area contributed by atoms with Gasteiger partial charge in [0.15, 0.2) is 0 Å². The Morgan fingerprint density at radius 2 is 2.06 bits per heavy atom. The number of hydrogen-bond acceptors (Lipinski definition) is 4. The first-order chi connectivity index (χ1) is 8.27. The van der Waals surface area contributed by atoms with Crippen molar-refractivity contribution in [2.75, 3.05) is 12.4 Å². The van der Waals surface area contributed by atoms with Crippen LogP contribution in [0.25, 0.3) is 0 Å². The molecule has 0 saturated heterocycles. The lowest BCUT2D eigenvalue weighted by atomic mass is 9.98. The van der Waals surface area contributed by atoms with E-state index in [1.807, 2.05) is 26.0 Å². The minimum absolute atomic E-state index is 0.282. The third-order valence-electron chi connectivity index (χ3n) is 3.04. The van der Waals surface area contributed by atoms with Gasteiger partial charge in [0.1, 0.15) is 6.04 Å². The number of nitrogens with zero attached hydrogens (tertiary/aromatic N) is 1. The molecule has 0 aliphatic rings. The summed E-state index contributed by atoms with van der Waals surface area (Å²) in [5.41, 5.74) is 7.52. The van der Waals surface area contributed by atoms with Crippen molar-refractivity contribution in [2.45, 2.75) is 39.3 Å². The molecule has 0 aliphatic heterocycles. The molecular weight excluding hydrogens is 230 g/mol. The van der Waals surface area contributed by atoms with Crippen molar-refractivity contribution in [3.8, 4) is 0 Å². The maximum atomic E-state index is 12.0. The summed E-state index contributed by atoms with van der Waals surface area (Å²) in [6, 6.07) is 2.92. The zero-order chi connectivity index (χ0) is 13.9. The summed E-state index contributed by atoms with van der Waals surface area (Å²) in [6.07, 6.45) is 0. The molecule has 5 heteroatoms. The SMILES string of the molecule is COC(C)(C)C(N)C(=O)Nc1ccc(C)nc1C. The van der Waals surface area contributed by atoms with E-state index in [0.29, 0.717) is 5.69 Å². The van der Waals surface area contributed by atoms with Gasteiger partial charge in [0.25, 0.3) is 0 Å². The number of nitrogens with one attached hydrogen (secondary N) is 1. The van der Waals surface area contributed by atoms with Crippen molar-refractivity contribution in [1.29, 1.82) is 0 Å². The number of hydrogen-bond donors (Lipinski definition) is 2. The van der Waals surface area contributed by atoms with Gasteiger partial charge < -0.3 is 15.8 Å². The molecule has 1 amide bonds. The molecule has 0 bridgehead atoms. The van der Waals surface area contributed by atoms with Crippen LogP contribution in [0.15, 0.2) is 12.1 Å². The van der Waals surface area contributed by atoms with Gasteiger partial charge in [-0.15, -0.1) is 0 Å². The van der Waals surface area contributed by atoms with Crippen molar-refractivity contribution >= 4 is 11.6 Å². The number of amides is 1. The Morgan fingerprint density at radius 1 is 1.44 bits per heavy atom. The molecule has 1 heterocycles. The van der Waals surface area contributed by atoms with E-state index in [2.05, 4.69) is 10.3 Å². The Labute approximate surface area is 108 Å². The number of anilines is 1. The smallest absolute Gasteiger partial charge is 0.244 e. The Hall–Kier alpha value is -1.46. The number of methoxy groups -OCH3 is 1. The highest BCUT2D eigenvalue weighted by Crippen LogP contribution is 2.16. The zero-order valence-electron chi connectivity index (χ0n) is 11.6. The zero-order valence-corrected chi connectivity index (χ0v) is 11.6. The molecule has 0 radical (unpaired) electrons. The van der Waals surface area contributed by atoms with Gasteiger partial charge >= 0.3 is 0 Å². The van der Waals surface area contributed by atoms with Gasteiger partial charge in [0, 0.05) is 12.8 Å². The Bertz CT molecular complexity index is 444.